The normalized spacial score (nSPS) is 12.9. The smallest absolute Gasteiger partial charge is 0.0485 e. The summed E-state index contributed by atoms with van der Waals surface area (Å²) in [6, 6.07) is 32.8. The van der Waals surface area contributed by atoms with E-state index in [1.807, 2.05) is 0 Å². The third-order valence-corrected chi connectivity index (χ3v) is 10.2. The molecule has 0 amide bonds. The summed E-state index contributed by atoms with van der Waals surface area (Å²) in [5.41, 5.74) is 0. The molecule has 3 aromatic rings. The van der Waals surface area contributed by atoms with Crippen molar-refractivity contribution in [1.29, 1.82) is 0 Å². The van der Waals surface area contributed by atoms with Gasteiger partial charge in [0.2, 0.25) is 0 Å². The molecule has 0 aliphatic heterocycles. The van der Waals surface area contributed by atoms with Crippen LogP contribution in [0.4, 0.5) is 0 Å². The van der Waals surface area contributed by atoms with Crippen molar-refractivity contribution in [2.24, 2.45) is 0 Å². The average Bonchev–Trinajstić information content (AvgIpc) is 2.72. The minimum absolute atomic E-state index is 0.571. The molecule has 28 heavy (non-hydrogen) atoms. The molecule has 0 spiro atoms. The molecule has 146 valence electrons. The summed E-state index contributed by atoms with van der Waals surface area (Å²) in [4.78, 5) is 2.30. The Bertz CT molecular complexity index is 787. The van der Waals surface area contributed by atoms with Gasteiger partial charge >= 0.3 is 0 Å². The first kappa shape index (κ1) is 21.1. The van der Waals surface area contributed by atoms with Crippen molar-refractivity contribution >= 4 is 32.1 Å². The zero-order chi connectivity index (χ0) is 19.9. The molecule has 0 N–H and O–H groups in total. The molecule has 0 heterocycles. The van der Waals surface area contributed by atoms with E-state index in [1.54, 1.807) is 0 Å². The molecule has 0 aliphatic rings. The van der Waals surface area contributed by atoms with Crippen LogP contribution in [0.3, 0.4) is 0 Å². The van der Waals surface area contributed by atoms with Gasteiger partial charge < -0.3 is 4.90 Å². The van der Waals surface area contributed by atoms with Crippen molar-refractivity contribution in [3.8, 4) is 0 Å². The number of benzene rings is 3. The molecular weight excluding hydrogens is 380 g/mol. The van der Waals surface area contributed by atoms with E-state index in [9.17, 15) is 0 Å². The van der Waals surface area contributed by atoms with E-state index in [0.717, 1.165) is 6.29 Å². The number of nitrogens with zero attached hydrogens (tertiary/aromatic N) is 3. The maximum atomic E-state index is 2.63. The first-order valence-electron chi connectivity index (χ1n) is 9.42. The summed E-state index contributed by atoms with van der Waals surface area (Å²) >= 11 is 0. The Balaban J connectivity index is 2.14. The lowest BCUT2D eigenvalue weighted by Gasteiger charge is -2.43. The maximum absolute atomic E-state index is 2.63. The Labute approximate surface area is 172 Å². The lowest BCUT2D eigenvalue weighted by Crippen LogP contribution is -2.39. The Kier molecular flexibility index (Phi) is 7.73. The Hall–Kier alpha value is -1.60. The van der Waals surface area contributed by atoms with E-state index in [-0.39, 0.29) is 0 Å². The van der Waals surface area contributed by atoms with Crippen molar-refractivity contribution in [2.45, 2.75) is 0 Å². The fourth-order valence-corrected chi connectivity index (χ4v) is 9.01. The fourth-order valence-electron chi connectivity index (χ4n) is 3.11. The summed E-state index contributed by atoms with van der Waals surface area (Å²) < 4.78 is 2.63. The van der Waals surface area contributed by atoms with Gasteiger partial charge in [0.25, 0.3) is 0 Å². The number of rotatable bonds is 8. The first-order valence-corrected chi connectivity index (χ1v) is 12.2. The van der Waals surface area contributed by atoms with Crippen LogP contribution in [0.1, 0.15) is 0 Å². The lowest BCUT2D eigenvalue weighted by molar-refractivity contribution is 0.244. The lowest BCUT2D eigenvalue weighted by atomic mass is 10.4. The molecule has 1 unspecified atom stereocenters. The second-order valence-electron chi connectivity index (χ2n) is 7.05. The molecule has 3 rings (SSSR count). The van der Waals surface area contributed by atoms with E-state index in [1.165, 1.54) is 15.9 Å². The quantitative estimate of drug-likeness (QED) is 0.411. The van der Waals surface area contributed by atoms with Crippen molar-refractivity contribution < 1.29 is 0 Å². The molecule has 1 atom stereocenters. The summed E-state index contributed by atoms with van der Waals surface area (Å²) in [7, 11) is 7.43. The SMILES string of the molecule is CN(C)CP(c1ccccc1)N(N(C)C)P(c1ccccc1)c1ccccc1. The van der Waals surface area contributed by atoms with Gasteiger partial charge in [-0.1, -0.05) is 91.0 Å². The Morgan fingerprint density at radius 2 is 0.964 bits per heavy atom. The average molecular weight is 409 g/mol. The topological polar surface area (TPSA) is 9.72 Å². The Morgan fingerprint density at radius 1 is 0.571 bits per heavy atom. The number of hydrazine groups is 1. The minimum atomic E-state index is -0.686. The van der Waals surface area contributed by atoms with Crippen molar-refractivity contribution in [3.05, 3.63) is 91.0 Å². The van der Waals surface area contributed by atoms with Gasteiger partial charge in [0.1, 0.15) is 0 Å². The second kappa shape index (κ2) is 10.3. The van der Waals surface area contributed by atoms with Gasteiger partial charge in [-0.2, -0.15) is 4.55 Å². The Morgan fingerprint density at radius 3 is 1.32 bits per heavy atom. The summed E-state index contributed by atoms with van der Waals surface area (Å²) in [5.74, 6) is 0. The molecule has 0 aromatic heterocycles. The van der Waals surface area contributed by atoms with Gasteiger partial charge in [0, 0.05) is 36.5 Å². The zero-order valence-electron chi connectivity index (χ0n) is 17.1. The van der Waals surface area contributed by atoms with Gasteiger partial charge in [-0.15, -0.1) is 0 Å². The molecule has 3 nitrogen and oxygen atoms in total. The number of hydrogen-bond acceptors (Lipinski definition) is 3. The van der Waals surface area contributed by atoms with Gasteiger partial charge in [-0.05, 0) is 30.0 Å². The van der Waals surface area contributed by atoms with Gasteiger partial charge in [-0.3, -0.25) is 0 Å². The molecule has 0 radical (unpaired) electrons. The standard InChI is InChI=1S/C23H29N3P2/c1-24(2)20-27(21-14-8-5-9-15-21)26(25(3)4)28(22-16-10-6-11-17-22)23-18-12-7-13-19-23/h5-19H,20H2,1-4H3. The summed E-state index contributed by atoms with van der Waals surface area (Å²) in [6.45, 7) is 0. The van der Waals surface area contributed by atoms with E-state index in [4.69, 9.17) is 0 Å². The highest BCUT2D eigenvalue weighted by molar-refractivity contribution is 7.81. The van der Waals surface area contributed by atoms with E-state index in [2.05, 4.69) is 134 Å². The predicted molar refractivity (Wildman–Crippen MR) is 126 cm³/mol. The van der Waals surface area contributed by atoms with Crippen LogP contribution >= 0.6 is 16.1 Å². The van der Waals surface area contributed by atoms with E-state index in [0.29, 0.717) is 0 Å². The van der Waals surface area contributed by atoms with Crippen LogP contribution in [0.2, 0.25) is 0 Å². The molecule has 0 bridgehead atoms. The van der Waals surface area contributed by atoms with Crippen LogP contribution in [-0.4, -0.2) is 48.9 Å². The van der Waals surface area contributed by atoms with Crippen LogP contribution in [-0.2, 0) is 0 Å². The molecule has 0 saturated carbocycles. The highest BCUT2D eigenvalue weighted by atomic mass is 31.2. The first-order chi connectivity index (χ1) is 13.6. The zero-order valence-corrected chi connectivity index (χ0v) is 18.9. The highest BCUT2D eigenvalue weighted by Gasteiger charge is 2.32. The summed E-state index contributed by atoms with van der Waals surface area (Å²) in [6.07, 6.45) is 1.01. The van der Waals surface area contributed by atoms with Crippen LogP contribution in [0.25, 0.3) is 0 Å². The summed E-state index contributed by atoms with van der Waals surface area (Å²) in [5, 5.41) is 6.45. The molecule has 3 aromatic carbocycles. The third kappa shape index (κ3) is 5.26. The molecule has 0 saturated heterocycles. The maximum Gasteiger partial charge on any atom is 0.0485 e. The van der Waals surface area contributed by atoms with Gasteiger partial charge in [0.05, 0.1) is 0 Å². The minimum Gasteiger partial charge on any atom is -0.304 e. The van der Waals surface area contributed by atoms with Crippen molar-refractivity contribution in [3.63, 3.8) is 0 Å². The van der Waals surface area contributed by atoms with Crippen molar-refractivity contribution in [1.82, 2.24) is 14.5 Å². The van der Waals surface area contributed by atoms with Crippen LogP contribution in [0.5, 0.6) is 0 Å². The van der Waals surface area contributed by atoms with Crippen LogP contribution in [0, 0.1) is 0 Å². The molecule has 0 fully saturated rings. The highest BCUT2D eigenvalue weighted by Crippen LogP contribution is 2.55. The third-order valence-electron chi connectivity index (χ3n) is 4.23. The van der Waals surface area contributed by atoms with Crippen LogP contribution in [0.15, 0.2) is 91.0 Å². The fraction of sp³-hybridized carbons (Fsp3) is 0.217. The van der Waals surface area contributed by atoms with Gasteiger partial charge in [-0.25, -0.2) is 5.01 Å². The molecule has 0 aliphatic carbocycles. The van der Waals surface area contributed by atoms with Crippen LogP contribution < -0.4 is 15.9 Å². The van der Waals surface area contributed by atoms with Gasteiger partial charge in [0.15, 0.2) is 0 Å². The van der Waals surface area contributed by atoms with Crippen molar-refractivity contribution in [2.75, 3.05) is 34.5 Å². The monoisotopic (exact) mass is 409 g/mol. The second-order valence-corrected chi connectivity index (χ2v) is 11.4. The molecular formula is C23H29N3P2. The largest absolute Gasteiger partial charge is 0.304 e. The van der Waals surface area contributed by atoms with E-state index < -0.39 is 16.1 Å². The number of hydrogen-bond donors (Lipinski definition) is 0. The predicted octanol–water partition coefficient (Wildman–Crippen LogP) is 4.05. The molecule has 5 heteroatoms. The van der Waals surface area contributed by atoms with E-state index >= 15 is 0 Å².